The summed E-state index contributed by atoms with van der Waals surface area (Å²) in [5, 5.41) is 11.9. The van der Waals surface area contributed by atoms with Gasteiger partial charge in [-0.25, -0.2) is 4.98 Å². The maximum atomic E-state index is 13.8. The van der Waals surface area contributed by atoms with Gasteiger partial charge in [-0.3, -0.25) is 34.2 Å². The second kappa shape index (κ2) is 16.5. The van der Waals surface area contributed by atoms with Crippen LogP contribution in [0.25, 0.3) is 0 Å². The lowest BCUT2D eigenvalue weighted by atomic mass is 9.49. The van der Waals surface area contributed by atoms with Gasteiger partial charge in [0.1, 0.15) is 23.6 Å². The fraction of sp³-hybridized carbons (Fsp3) is 0.510. The zero-order chi connectivity index (χ0) is 45.3. The molecule has 64 heavy (non-hydrogen) atoms. The van der Waals surface area contributed by atoms with E-state index >= 15 is 0 Å². The quantitative estimate of drug-likeness (QED) is 0.131. The normalized spacial score (nSPS) is 26.5. The number of imide groups is 1. The van der Waals surface area contributed by atoms with Gasteiger partial charge in [0.05, 0.1) is 28.4 Å². The number of carbonyl (C=O) groups excluding carboxylic acids is 5. The fourth-order valence-electron chi connectivity index (χ4n) is 12.3. The fourth-order valence-corrected chi connectivity index (χ4v) is 12.5. The Morgan fingerprint density at radius 1 is 0.938 bits per heavy atom. The standard InChI is InChI=1S/C51H55ClN6O6/c1-30(59)40-23-36(15-18-38(40)43(60)22-32-10-19-44(61)55-45(32)62)57-28-51(29-57)20-21-56(27-51)35-13-7-31(8-14-35)6-11-34-12-17-39-42(54-34)26-58(46(39)63)47-49(2,3)48(50(47,4)5)64-37-16-9-33(25-53)41(52)24-37/h9,12,15-18,23-24,31-32,35,47-48H,7-8,10,13-14,19-22,26-29H2,1-5H3,(H,55,61,62)/t31?,32?,35?,47-,48-. The third-order valence-corrected chi connectivity index (χ3v) is 15.5. The molecule has 3 amide bonds. The van der Waals surface area contributed by atoms with Crippen molar-refractivity contribution in [2.75, 3.05) is 31.1 Å². The van der Waals surface area contributed by atoms with E-state index in [0.29, 0.717) is 63.6 Å². The van der Waals surface area contributed by atoms with Gasteiger partial charge in [0, 0.05) is 95.5 Å². The summed E-state index contributed by atoms with van der Waals surface area (Å²) in [6.45, 7) is 14.4. The van der Waals surface area contributed by atoms with E-state index in [4.69, 9.17) is 21.3 Å². The number of fused-ring (bicyclic) bond motifs is 1. The van der Waals surface area contributed by atoms with Crippen molar-refractivity contribution in [1.29, 1.82) is 5.26 Å². The number of nitrogens with zero attached hydrogens (tertiary/aromatic N) is 5. The van der Waals surface area contributed by atoms with Gasteiger partial charge in [-0.05, 0) is 100 Å². The summed E-state index contributed by atoms with van der Waals surface area (Å²) in [4.78, 5) is 75.5. The number of hydrogen-bond acceptors (Lipinski definition) is 10. The average molecular weight is 883 g/mol. The number of aromatic nitrogens is 1. The van der Waals surface area contributed by atoms with Crippen molar-refractivity contribution < 1.29 is 28.7 Å². The van der Waals surface area contributed by atoms with E-state index in [2.05, 4.69) is 60.7 Å². The van der Waals surface area contributed by atoms with Crippen molar-refractivity contribution in [2.24, 2.45) is 28.1 Å². The zero-order valence-electron chi connectivity index (χ0n) is 37.3. The SMILES string of the molecule is CC(=O)c1cc(N2CC3(CCN(C4CCC(C#Cc5ccc6c(n5)CN([C@H]5C(C)(C)[C@H](Oc7ccc(C#N)c(Cl)c7)C5(C)C)C6=O)CC4)C3)C2)ccc1C(=O)CC1CCC(=O)NC1=O. The van der Waals surface area contributed by atoms with E-state index in [1.54, 1.807) is 24.3 Å². The number of likely N-dealkylation sites (tertiary alicyclic amines) is 1. The maximum absolute atomic E-state index is 13.8. The maximum Gasteiger partial charge on any atom is 0.256 e. The summed E-state index contributed by atoms with van der Waals surface area (Å²) in [7, 11) is 0. The monoisotopic (exact) mass is 882 g/mol. The molecule has 0 bridgehead atoms. The van der Waals surface area contributed by atoms with Crippen LogP contribution in [0.5, 0.6) is 5.75 Å². The van der Waals surface area contributed by atoms with Crippen molar-refractivity contribution in [3.63, 3.8) is 0 Å². The summed E-state index contributed by atoms with van der Waals surface area (Å²) in [5.41, 5.74) is 3.63. The number of nitrogens with one attached hydrogen (secondary N) is 1. The molecule has 3 saturated heterocycles. The smallest absolute Gasteiger partial charge is 0.256 e. The summed E-state index contributed by atoms with van der Waals surface area (Å²) in [5.74, 6) is 6.03. The van der Waals surface area contributed by atoms with E-state index in [0.717, 1.165) is 69.7 Å². The van der Waals surface area contributed by atoms with Crippen LogP contribution in [0.15, 0.2) is 48.5 Å². The number of carbonyl (C=O) groups is 5. The van der Waals surface area contributed by atoms with Gasteiger partial charge in [-0.2, -0.15) is 5.26 Å². The number of amides is 3. The molecule has 2 saturated carbocycles. The van der Waals surface area contributed by atoms with E-state index < -0.39 is 11.8 Å². The first-order valence-electron chi connectivity index (χ1n) is 22.7. The molecule has 1 unspecified atom stereocenters. The number of nitriles is 1. The molecule has 6 aliphatic rings. The first kappa shape index (κ1) is 43.7. The van der Waals surface area contributed by atoms with Crippen LogP contribution < -0.4 is 15.0 Å². The van der Waals surface area contributed by atoms with Crippen LogP contribution in [0, 0.1) is 51.3 Å². The highest BCUT2D eigenvalue weighted by Crippen LogP contribution is 2.59. The van der Waals surface area contributed by atoms with Crippen LogP contribution in [-0.4, -0.2) is 88.4 Å². The lowest BCUT2D eigenvalue weighted by molar-refractivity contribution is -0.199. The van der Waals surface area contributed by atoms with Gasteiger partial charge in [0.15, 0.2) is 11.6 Å². The van der Waals surface area contributed by atoms with Crippen molar-refractivity contribution in [3.05, 3.63) is 87.2 Å². The third-order valence-electron chi connectivity index (χ3n) is 15.1. The molecule has 13 heteroatoms. The molecule has 12 nitrogen and oxygen atoms in total. The Balaban J connectivity index is 0.761. The predicted octanol–water partition coefficient (Wildman–Crippen LogP) is 7.40. The minimum Gasteiger partial charge on any atom is -0.489 e. The molecule has 1 spiro atoms. The highest BCUT2D eigenvalue weighted by Gasteiger charge is 2.67. The number of ketones is 2. The highest BCUT2D eigenvalue weighted by atomic mass is 35.5. The van der Waals surface area contributed by atoms with Gasteiger partial charge >= 0.3 is 0 Å². The molecule has 4 aliphatic heterocycles. The molecule has 1 aromatic heterocycles. The van der Waals surface area contributed by atoms with Crippen LogP contribution in [0.1, 0.15) is 134 Å². The van der Waals surface area contributed by atoms with Crippen LogP contribution in [0.4, 0.5) is 5.69 Å². The summed E-state index contributed by atoms with van der Waals surface area (Å²) < 4.78 is 6.48. The van der Waals surface area contributed by atoms with Gasteiger partial charge < -0.3 is 14.5 Å². The van der Waals surface area contributed by atoms with Crippen LogP contribution in [0.3, 0.4) is 0 Å². The van der Waals surface area contributed by atoms with Crippen LogP contribution >= 0.6 is 11.6 Å². The van der Waals surface area contributed by atoms with Crippen molar-refractivity contribution in [1.82, 2.24) is 20.1 Å². The van der Waals surface area contributed by atoms with Crippen LogP contribution in [0.2, 0.25) is 5.02 Å². The van der Waals surface area contributed by atoms with Gasteiger partial charge in [-0.1, -0.05) is 45.2 Å². The van der Waals surface area contributed by atoms with E-state index in [9.17, 15) is 29.2 Å². The number of hydrogen-bond donors (Lipinski definition) is 1. The summed E-state index contributed by atoms with van der Waals surface area (Å²) in [6.07, 6.45) is 5.75. The second-order valence-electron chi connectivity index (χ2n) is 20.3. The zero-order valence-corrected chi connectivity index (χ0v) is 38.0. The van der Waals surface area contributed by atoms with Crippen molar-refractivity contribution in [2.45, 2.75) is 111 Å². The molecule has 5 fully saturated rings. The Bertz CT molecular complexity index is 2560. The van der Waals surface area contributed by atoms with Crippen molar-refractivity contribution in [3.8, 4) is 23.7 Å². The molecular weight excluding hydrogens is 828 g/mol. The predicted molar refractivity (Wildman–Crippen MR) is 241 cm³/mol. The number of anilines is 1. The Hall–Kier alpha value is -5.56. The number of piperidine rings is 1. The molecule has 0 radical (unpaired) electrons. The van der Waals surface area contributed by atoms with Crippen LogP contribution in [-0.2, 0) is 16.1 Å². The second-order valence-corrected chi connectivity index (χ2v) is 20.7. The number of rotatable bonds is 9. The first-order chi connectivity index (χ1) is 30.5. The molecule has 2 aliphatic carbocycles. The summed E-state index contributed by atoms with van der Waals surface area (Å²) in [6, 6.07) is 16.9. The lowest BCUT2D eigenvalue weighted by Gasteiger charge is -2.65. The van der Waals surface area contributed by atoms with Gasteiger partial charge in [0.25, 0.3) is 5.91 Å². The topological polar surface area (TPSA) is 153 Å². The first-order valence-corrected chi connectivity index (χ1v) is 23.0. The number of halogens is 1. The van der Waals surface area contributed by atoms with Crippen molar-refractivity contribution >= 4 is 46.6 Å². The Kier molecular flexibility index (Phi) is 11.2. The highest BCUT2D eigenvalue weighted by molar-refractivity contribution is 6.31. The number of pyridine rings is 1. The van der Waals surface area contributed by atoms with Gasteiger partial charge in [-0.15, -0.1) is 0 Å². The average Bonchev–Trinajstić information content (AvgIpc) is 3.83. The van der Waals surface area contributed by atoms with E-state index in [1.807, 2.05) is 29.2 Å². The molecule has 9 rings (SSSR count). The number of Topliss-reactive ketones (excluding diaryl/α,β-unsaturated/α-hetero) is 2. The minimum atomic E-state index is -0.566. The van der Waals surface area contributed by atoms with Gasteiger partial charge in [0.2, 0.25) is 11.8 Å². The molecule has 5 heterocycles. The third kappa shape index (κ3) is 7.87. The Morgan fingerprint density at radius 2 is 1.69 bits per heavy atom. The molecule has 332 valence electrons. The summed E-state index contributed by atoms with van der Waals surface area (Å²) >= 11 is 6.30. The largest absolute Gasteiger partial charge is 0.489 e. The van der Waals surface area contributed by atoms with E-state index in [1.165, 1.54) is 6.92 Å². The lowest BCUT2D eigenvalue weighted by Crippen LogP contribution is -2.74. The number of ether oxygens (including phenoxy) is 1. The minimum absolute atomic E-state index is 0.0149. The Labute approximate surface area is 380 Å². The molecular formula is C51H55ClN6O6. The molecule has 1 atom stereocenters. The Morgan fingerprint density at radius 3 is 2.38 bits per heavy atom. The van der Waals surface area contributed by atoms with E-state index in [-0.39, 0.29) is 64.6 Å². The molecule has 1 N–H and O–H groups in total. The molecule has 2 aromatic carbocycles. The number of benzene rings is 2. The molecule has 3 aromatic rings.